The van der Waals surface area contributed by atoms with Crippen LogP contribution in [0.25, 0.3) is 0 Å². The molecule has 0 spiro atoms. The zero-order chi connectivity index (χ0) is 21.5. The molecule has 168 valence electrons. The van der Waals surface area contributed by atoms with E-state index in [2.05, 4.69) is 15.5 Å². The molecule has 6 nitrogen and oxygen atoms in total. The van der Waals surface area contributed by atoms with Crippen molar-refractivity contribution < 1.29 is 13.9 Å². The van der Waals surface area contributed by atoms with Gasteiger partial charge in [-0.05, 0) is 49.2 Å². The number of nitrogens with one attached hydrogen (secondary N) is 2. The lowest BCUT2D eigenvalue weighted by Gasteiger charge is -2.38. The third-order valence-electron chi connectivity index (χ3n) is 4.96. The Morgan fingerprint density at radius 2 is 1.97 bits per heavy atom. The van der Waals surface area contributed by atoms with Crippen molar-refractivity contribution in [1.82, 2.24) is 15.5 Å². The van der Waals surface area contributed by atoms with Crippen LogP contribution in [0.1, 0.15) is 41.4 Å². The number of rotatable bonds is 5. The Morgan fingerprint density at radius 1 is 1.23 bits per heavy atom. The molecule has 2 unspecified atom stereocenters. The number of nitrogens with zero attached hydrogens (tertiary/aromatic N) is 2. The summed E-state index contributed by atoms with van der Waals surface area (Å²) in [6, 6.07) is 13.9. The first kappa shape index (κ1) is 25.1. The molecule has 3 rings (SSSR count). The van der Waals surface area contributed by atoms with Crippen LogP contribution < -0.4 is 10.6 Å². The van der Waals surface area contributed by atoms with Crippen molar-refractivity contribution in [2.45, 2.75) is 32.6 Å². The average Bonchev–Trinajstić information content (AvgIpc) is 2.76. The number of carbonyl (C=O) groups excluding carboxylic acids is 1. The molecule has 0 saturated carbocycles. The van der Waals surface area contributed by atoms with Gasteiger partial charge in [-0.25, -0.2) is 9.38 Å². The van der Waals surface area contributed by atoms with Crippen molar-refractivity contribution in [3.8, 4) is 0 Å². The number of morpholine rings is 1. The molecule has 31 heavy (non-hydrogen) atoms. The number of hydrogen-bond acceptors (Lipinski definition) is 3. The van der Waals surface area contributed by atoms with Crippen LogP contribution in [-0.4, -0.2) is 49.6 Å². The third-order valence-corrected chi connectivity index (χ3v) is 4.96. The van der Waals surface area contributed by atoms with Crippen molar-refractivity contribution in [3.05, 3.63) is 71.0 Å². The van der Waals surface area contributed by atoms with Gasteiger partial charge in [0, 0.05) is 25.7 Å². The molecule has 8 heteroatoms. The van der Waals surface area contributed by atoms with E-state index < -0.39 is 0 Å². The summed E-state index contributed by atoms with van der Waals surface area (Å²) in [7, 11) is 1.62. The second-order valence-electron chi connectivity index (χ2n) is 7.34. The van der Waals surface area contributed by atoms with Gasteiger partial charge in [0.05, 0.1) is 19.2 Å². The summed E-state index contributed by atoms with van der Waals surface area (Å²) < 4.78 is 19.4. The van der Waals surface area contributed by atoms with Crippen LogP contribution in [0.3, 0.4) is 0 Å². The normalized spacial score (nSPS) is 18.8. The number of ether oxygens (including phenoxy) is 1. The van der Waals surface area contributed by atoms with E-state index in [0.29, 0.717) is 25.2 Å². The molecule has 2 aromatic carbocycles. The van der Waals surface area contributed by atoms with Gasteiger partial charge in [-0.3, -0.25) is 4.79 Å². The summed E-state index contributed by atoms with van der Waals surface area (Å²) in [4.78, 5) is 18.8. The third kappa shape index (κ3) is 6.90. The maximum Gasteiger partial charge on any atom is 0.251 e. The van der Waals surface area contributed by atoms with Crippen LogP contribution in [0.4, 0.5) is 4.39 Å². The second-order valence-corrected chi connectivity index (χ2v) is 7.34. The smallest absolute Gasteiger partial charge is 0.251 e. The molecule has 0 aliphatic carbocycles. The zero-order valence-corrected chi connectivity index (χ0v) is 20.4. The molecular weight excluding hydrogens is 510 g/mol. The minimum absolute atomic E-state index is 0. The molecule has 1 saturated heterocycles. The first-order valence-corrected chi connectivity index (χ1v) is 10.2. The molecular formula is C23H30FIN4O2. The van der Waals surface area contributed by atoms with Crippen LogP contribution >= 0.6 is 24.0 Å². The number of hydrogen-bond donors (Lipinski definition) is 2. The minimum Gasteiger partial charge on any atom is -0.367 e. The van der Waals surface area contributed by atoms with E-state index in [1.54, 1.807) is 25.2 Å². The first-order chi connectivity index (χ1) is 14.5. The van der Waals surface area contributed by atoms with Crippen LogP contribution in [0.5, 0.6) is 0 Å². The van der Waals surface area contributed by atoms with Gasteiger partial charge in [-0.1, -0.05) is 24.3 Å². The quantitative estimate of drug-likeness (QED) is 0.345. The molecule has 1 amide bonds. The van der Waals surface area contributed by atoms with Crippen molar-refractivity contribution in [3.63, 3.8) is 0 Å². The van der Waals surface area contributed by atoms with Gasteiger partial charge in [0.2, 0.25) is 0 Å². The van der Waals surface area contributed by atoms with Gasteiger partial charge in [0.15, 0.2) is 5.96 Å². The monoisotopic (exact) mass is 540 g/mol. The fourth-order valence-corrected chi connectivity index (χ4v) is 3.53. The molecule has 1 aliphatic heterocycles. The lowest BCUT2D eigenvalue weighted by molar-refractivity contribution is -0.0605. The number of amides is 1. The minimum atomic E-state index is -0.256. The molecule has 2 aromatic rings. The Bertz CT molecular complexity index is 891. The fraction of sp³-hybridized carbons (Fsp3) is 0.391. The summed E-state index contributed by atoms with van der Waals surface area (Å²) in [6.45, 7) is 6.59. The lowest BCUT2D eigenvalue weighted by atomic mass is 10.1. The summed E-state index contributed by atoms with van der Waals surface area (Å²) in [5, 5.41) is 6.00. The van der Waals surface area contributed by atoms with Crippen molar-refractivity contribution >= 4 is 35.8 Å². The number of benzene rings is 2. The van der Waals surface area contributed by atoms with Crippen molar-refractivity contribution in [1.29, 1.82) is 0 Å². The molecule has 0 aromatic heterocycles. The Morgan fingerprint density at radius 3 is 2.65 bits per heavy atom. The van der Waals surface area contributed by atoms with E-state index in [0.717, 1.165) is 23.6 Å². The molecule has 1 heterocycles. The van der Waals surface area contributed by atoms with Gasteiger partial charge in [-0.15, -0.1) is 24.0 Å². The van der Waals surface area contributed by atoms with Crippen LogP contribution in [0, 0.1) is 5.82 Å². The van der Waals surface area contributed by atoms with Crippen molar-refractivity contribution in [2.75, 3.05) is 26.7 Å². The summed E-state index contributed by atoms with van der Waals surface area (Å²) in [6.07, 6.45) is -0.149. The molecule has 0 bridgehead atoms. The highest BCUT2D eigenvalue weighted by molar-refractivity contribution is 14.0. The SMILES string of the molecule is CCNC(=NCc1cccc(C(=O)NC)c1)N1CC(C)OC(c2ccc(F)cc2)C1.I. The number of carbonyl (C=O) groups is 1. The van der Waals surface area contributed by atoms with Crippen molar-refractivity contribution in [2.24, 2.45) is 4.99 Å². The van der Waals surface area contributed by atoms with Gasteiger partial charge >= 0.3 is 0 Å². The fourth-order valence-electron chi connectivity index (χ4n) is 3.53. The van der Waals surface area contributed by atoms with Crippen LogP contribution in [-0.2, 0) is 11.3 Å². The lowest BCUT2D eigenvalue weighted by Crippen LogP contribution is -2.50. The maximum absolute atomic E-state index is 13.3. The molecule has 1 aliphatic rings. The van der Waals surface area contributed by atoms with E-state index in [-0.39, 0.29) is 47.9 Å². The second kappa shape index (κ2) is 12.0. The van der Waals surface area contributed by atoms with E-state index in [9.17, 15) is 9.18 Å². The predicted molar refractivity (Wildman–Crippen MR) is 131 cm³/mol. The van der Waals surface area contributed by atoms with Crippen LogP contribution in [0.2, 0.25) is 0 Å². The Hall–Kier alpha value is -2.20. The zero-order valence-electron chi connectivity index (χ0n) is 18.1. The van der Waals surface area contributed by atoms with Crippen LogP contribution in [0.15, 0.2) is 53.5 Å². The van der Waals surface area contributed by atoms with E-state index >= 15 is 0 Å². The highest BCUT2D eigenvalue weighted by Crippen LogP contribution is 2.25. The Labute approximate surface area is 200 Å². The Kier molecular flexibility index (Phi) is 9.70. The number of guanidine groups is 1. The van der Waals surface area contributed by atoms with Gasteiger partial charge in [-0.2, -0.15) is 0 Å². The van der Waals surface area contributed by atoms with Gasteiger partial charge < -0.3 is 20.3 Å². The van der Waals surface area contributed by atoms with E-state index in [4.69, 9.17) is 9.73 Å². The molecule has 2 N–H and O–H groups in total. The average molecular weight is 540 g/mol. The summed E-state index contributed by atoms with van der Waals surface area (Å²) in [5.41, 5.74) is 2.52. The summed E-state index contributed by atoms with van der Waals surface area (Å²) in [5.74, 6) is 0.426. The molecule has 1 fully saturated rings. The predicted octanol–water partition coefficient (Wildman–Crippen LogP) is 3.73. The van der Waals surface area contributed by atoms with E-state index in [1.165, 1.54) is 12.1 Å². The number of halogens is 2. The first-order valence-electron chi connectivity index (χ1n) is 10.2. The van der Waals surface area contributed by atoms with E-state index in [1.807, 2.05) is 32.0 Å². The Balaban J connectivity index is 0.00000341. The maximum atomic E-state index is 13.3. The number of aliphatic imine (C=N–C) groups is 1. The molecule has 2 atom stereocenters. The standard InChI is InChI=1S/C23H29FN4O2.HI/c1-4-26-23(27-13-17-6-5-7-19(12-17)22(29)25-3)28-14-16(2)30-21(15-28)18-8-10-20(24)11-9-18;/h5-12,16,21H,4,13-15H2,1-3H3,(H,25,29)(H,26,27);1H. The summed E-state index contributed by atoms with van der Waals surface area (Å²) >= 11 is 0. The highest BCUT2D eigenvalue weighted by Gasteiger charge is 2.28. The van der Waals surface area contributed by atoms with Gasteiger partial charge in [0.25, 0.3) is 5.91 Å². The highest BCUT2D eigenvalue weighted by atomic mass is 127. The topological polar surface area (TPSA) is 66.0 Å². The van der Waals surface area contributed by atoms with Gasteiger partial charge in [0.1, 0.15) is 11.9 Å². The largest absolute Gasteiger partial charge is 0.367 e. The molecule has 0 radical (unpaired) electrons.